The zero-order valence-corrected chi connectivity index (χ0v) is 17.1. The first-order valence-corrected chi connectivity index (χ1v) is 10.1. The zero-order chi connectivity index (χ0) is 23.2. The molecular formula is C22H18F3N5O3. The number of nitrogens with zero attached hydrogens (tertiary/aromatic N) is 4. The summed E-state index contributed by atoms with van der Waals surface area (Å²) in [6, 6.07) is 6.50. The molecule has 1 aliphatic heterocycles. The predicted octanol–water partition coefficient (Wildman–Crippen LogP) is 3.40. The number of alkyl halides is 3. The van der Waals surface area contributed by atoms with Crippen LogP contribution < -0.4 is 15.0 Å². The molecule has 1 saturated heterocycles. The molecule has 2 N–H and O–H groups in total. The molecule has 2 aromatic heterocycles. The molecule has 2 fully saturated rings. The number of pyridine rings is 1. The minimum atomic E-state index is -4.79. The largest absolute Gasteiger partial charge is 0.573 e. The van der Waals surface area contributed by atoms with Crippen molar-refractivity contribution in [2.24, 2.45) is 0 Å². The van der Waals surface area contributed by atoms with Crippen molar-refractivity contribution in [3.63, 3.8) is 0 Å². The molecule has 0 bridgehead atoms. The lowest BCUT2D eigenvalue weighted by molar-refractivity contribution is -0.274. The summed E-state index contributed by atoms with van der Waals surface area (Å²) in [5, 5.41) is 13.1. The number of carbonyl (C=O) groups excluding carboxylic acids is 1. The molecule has 0 radical (unpaired) electrons. The lowest BCUT2D eigenvalue weighted by Crippen LogP contribution is -2.25. The molecule has 3 aromatic rings. The van der Waals surface area contributed by atoms with Gasteiger partial charge in [-0.15, -0.1) is 13.2 Å². The fourth-order valence-electron chi connectivity index (χ4n) is 4.07. The van der Waals surface area contributed by atoms with Crippen molar-refractivity contribution in [1.29, 1.82) is 0 Å². The van der Waals surface area contributed by atoms with Crippen LogP contribution in [0.15, 0.2) is 55.2 Å². The smallest absolute Gasteiger partial charge is 0.406 e. The first kappa shape index (κ1) is 21.1. The minimum absolute atomic E-state index is 0.00881. The average Bonchev–Trinajstić information content (AvgIpc) is 3.35. The van der Waals surface area contributed by atoms with E-state index in [-0.39, 0.29) is 17.4 Å². The molecule has 1 aliphatic carbocycles. The standard InChI is InChI=1S/C22H18F3N5O3/c23-22(24,25)33-16-3-1-15(2-4-16)29-20(31)13-7-17(14-9-26-12-27-10-14)19(28-11-13)30-6-5-21(32)8-18(21)30/h1-4,7,9-12,18,32H,5-6,8H2,(H,29,31). The highest BCUT2D eigenvalue weighted by Gasteiger charge is 2.61. The maximum absolute atomic E-state index is 12.8. The fourth-order valence-corrected chi connectivity index (χ4v) is 4.07. The van der Waals surface area contributed by atoms with E-state index < -0.39 is 17.9 Å². The van der Waals surface area contributed by atoms with Crippen LogP contribution in [0.4, 0.5) is 24.7 Å². The number of ether oxygens (including phenoxy) is 1. The summed E-state index contributed by atoms with van der Waals surface area (Å²) >= 11 is 0. The Morgan fingerprint density at radius 1 is 1.18 bits per heavy atom. The summed E-state index contributed by atoms with van der Waals surface area (Å²) in [6.07, 6.45) is 2.60. The molecule has 3 heterocycles. The van der Waals surface area contributed by atoms with Gasteiger partial charge in [-0.2, -0.15) is 0 Å². The second kappa shape index (κ2) is 7.69. The van der Waals surface area contributed by atoms with Crippen molar-refractivity contribution >= 4 is 17.4 Å². The van der Waals surface area contributed by atoms with Crippen LogP contribution in [0, 0.1) is 0 Å². The van der Waals surface area contributed by atoms with Gasteiger partial charge in [-0.25, -0.2) is 15.0 Å². The van der Waals surface area contributed by atoms with Gasteiger partial charge in [0, 0.05) is 48.4 Å². The summed E-state index contributed by atoms with van der Waals surface area (Å²) in [7, 11) is 0. The van der Waals surface area contributed by atoms with Gasteiger partial charge in [-0.3, -0.25) is 4.79 Å². The number of anilines is 2. The van der Waals surface area contributed by atoms with E-state index in [1.54, 1.807) is 18.5 Å². The molecule has 2 unspecified atom stereocenters. The Balaban J connectivity index is 1.40. The second-order valence-electron chi connectivity index (χ2n) is 8.02. The molecule has 5 rings (SSSR count). The Morgan fingerprint density at radius 3 is 2.52 bits per heavy atom. The van der Waals surface area contributed by atoms with Crippen LogP contribution in [0.25, 0.3) is 11.1 Å². The fraction of sp³-hybridized carbons (Fsp3) is 0.273. The molecule has 11 heteroatoms. The minimum Gasteiger partial charge on any atom is -0.406 e. The molecule has 2 atom stereocenters. The van der Waals surface area contributed by atoms with Gasteiger partial charge < -0.3 is 20.1 Å². The third-order valence-electron chi connectivity index (χ3n) is 5.79. The molecule has 1 aromatic carbocycles. The summed E-state index contributed by atoms with van der Waals surface area (Å²) in [5.41, 5.74) is 1.18. The number of aliphatic hydroxyl groups is 1. The highest BCUT2D eigenvalue weighted by Crippen LogP contribution is 2.51. The van der Waals surface area contributed by atoms with Gasteiger partial charge in [0.05, 0.1) is 17.2 Å². The number of aromatic nitrogens is 3. The van der Waals surface area contributed by atoms with Gasteiger partial charge in [-0.05, 0) is 36.8 Å². The van der Waals surface area contributed by atoms with E-state index in [9.17, 15) is 23.1 Å². The Labute approximate surface area is 186 Å². The molecule has 2 aliphatic rings. The van der Waals surface area contributed by atoms with E-state index in [4.69, 9.17) is 0 Å². The first-order valence-electron chi connectivity index (χ1n) is 10.1. The van der Waals surface area contributed by atoms with E-state index in [2.05, 4.69) is 25.0 Å². The Morgan fingerprint density at radius 2 is 1.91 bits per heavy atom. The van der Waals surface area contributed by atoms with Crippen LogP contribution >= 0.6 is 0 Å². The van der Waals surface area contributed by atoms with Crippen molar-refractivity contribution < 1.29 is 27.8 Å². The van der Waals surface area contributed by atoms with E-state index >= 15 is 0 Å². The number of piperidine rings is 1. The van der Waals surface area contributed by atoms with Crippen molar-refractivity contribution in [2.45, 2.75) is 30.8 Å². The number of amides is 1. The van der Waals surface area contributed by atoms with Crippen LogP contribution in [0.3, 0.4) is 0 Å². The zero-order valence-electron chi connectivity index (χ0n) is 17.1. The van der Waals surface area contributed by atoms with Gasteiger partial charge in [-0.1, -0.05) is 0 Å². The van der Waals surface area contributed by atoms with Gasteiger partial charge >= 0.3 is 6.36 Å². The summed E-state index contributed by atoms with van der Waals surface area (Å²) in [6.45, 7) is 0.646. The molecule has 33 heavy (non-hydrogen) atoms. The SMILES string of the molecule is O=C(Nc1ccc(OC(F)(F)F)cc1)c1cnc(N2CCC3(O)CC23)c(-c2cncnc2)c1. The number of fused-ring (bicyclic) bond motifs is 1. The van der Waals surface area contributed by atoms with E-state index in [1.165, 1.54) is 24.7 Å². The Hall–Kier alpha value is -3.73. The predicted molar refractivity (Wildman–Crippen MR) is 112 cm³/mol. The van der Waals surface area contributed by atoms with Crippen LogP contribution in [-0.4, -0.2) is 50.5 Å². The van der Waals surface area contributed by atoms with E-state index in [0.717, 1.165) is 12.1 Å². The quantitative estimate of drug-likeness (QED) is 0.606. The van der Waals surface area contributed by atoms with Crippen LogP contribution in [0.2, 0.25) is 0 Å². The van der Waals surface area contributed by atoms with Crippen LogP contribution in [0.5, 0.6) is 5.75 Å². The van der Waals surface area contributed by atoms with Gasteiger partial charge in [0.15, 0.2) is 0 Å². The number of rotatable bonds is 5. The first-order chi connectivity index (χ1) is 15.7. The molecule has 1 amide bonds. The molecule has 8 nitrogen and oxygen atoms in total. The number of halogens is 3. The maximum atomic E-state index is 12.8. The third kappa shape index (κ3) is 4.31. The molecular weight excluding hydrogens is 439 g/mol. The van der Waals surface area contributed by atoms with Gasteiger partial charge in [0.2, 0.25) is 0 Å². The van der Waals surface area contributed by atoms with Crippen LogP contribution in [-0.2, 0) is 0 Å². The average molecular weight is 457 g/mol. The highest BCUT2D eigenvalue weighted by atomic mass is 19.4. The monoisotopic (exact) mass is 457 g/mol. The van der Waals surface area contributed by atoms with Crippen molar-refractivity contribution in [1.82, 2.24) is 15.0 Å². The number of benzene rings is 1. The van der Waals surface area contributed by atoms with E-state index in [1.807, 2.05) is 4.90 Å². The molecule has 0 spiro atoms. The van der Waals surface area contributed by atoms with Crippen LogP contribution in [0.1, 0.15) is 23.2 Å². The summed E-state index contributed by atoms with van der Waals surface area (Å²) in [4.78, 5) is 27.5. The number of hydrogen-bond donors (Lipinski definition) is 2. The normalized spacial score (nSPS) is 21.5. The topological polar surface area (TPSA) is 100 Å². The number of hydrogen-bond acceptors (Lipinski definition) is 7. The number of nitrogens with one attached hydrogen (secondary N) is 1. The summed E-state index contributed by atoms with van der Waals surface area (Å²) in [5.74, 6) is -0.238. The second-order valence-corrected chi connectivity index (χ2v) is 8.02. The third-order valence-corrected chi connectivity index (χ3v) is 5.79. The lowest BCUT2D eigenvalue weighted by Gasteiger charge is -2.22. The van der Waals surface area contributed by atoms with Gasteiger partial charge in [0.25, 0.3) is 5.91 Å². The lowest BCUT2D eigenvalue weighted by atomic mass is 10.1. The van der Waals surface area contributed by atoms with Crippen molar-refractivity contribution in [2.75, 3.05) is 16.8 Å². The Bertz CT molecular complexity index is 1190. The van der Waals surface area contributed by atoms with Crippen molar-refractivity contribution in [3.8, 4) is 16.9 Å². The number of carbonyl (C=O) groups is 1. The summed E-state index contributed by atoms with van der Waals surface area (Å²) < 4.78 is 40.8. The highest BCUT2D eigenvalue weighted by molar-refractivity contribution is 6.05. The van der Waals surface area contributed by atoms with Crippen molar-refractivity contribution in [3.05, 3.63) is 60.8 Å². The maximum Gasteiger partial charge on any atom is 0.573 e. The Kier molecular flexibility index (Phi) is 4.93. The van der Waals surface area contributed by atoms with Gasteiger partial charge in [0.1, 0.15) is 17.9 Å². The molecule has 170 valence electrons. The van der Waals surface area contributed by atoms with E-state index in [0.29, 0.717) is 42.0 Å². The molecule has 1 saturated carbocycles.